The number of carbonyl (C=O) groups is 2. The molecule has 2 unspecified atom stereocenters. The van der Waals surface area contributed by atoms with Crippen LogP contribution in [0.4, 0.5) is 0 Å². The Kier molecular flexibility index (Phi) is 3.55. The third kappa shape index (κ3) is 2.85. The van der Waals surface area contributed by atoms with Crippen molar-refractivity contribution in [2.75, 3.05) is 13.2 Å². The monoisotopic (exact) mass is 291 g/mol. The van der Waals surface area contributed by atoms with Crippen LogP contribution in [-0.4, -0.2) is 36.8 Å². The lowest BCUT2D eigenvalue weighted by Crippen LogP contribution is -2.68. The Hall–Kier alpha value is -2.08. The van der Waals surface area contributed by atoms with E-state index in [9.17, 15) is 9.59 Å². The highest BCUT2D eigenvalue weighted by atomic mass is 16.6. The zero-order chi connectivity index (χ0) is 14.9. The molecule has 1 heterocycles. The minimum absolute atomic E-state index is 0.0447. The molecule has 0 aromatic heterocycles. The Balaban J connectivity index is 1.69. The van der Waals surface area contributed by atoms with E-state index in [1.165, 1.54) is 0 Å². The van der Waals surface area contributed by atoms with Gasteiger partial charge in [0.2, 0.25) is 5.60 Å². The third-order valence-electron chi connectivity index (χ3n) is 3.67. The van der Waals surface area contributed by atoms with E-state index in [-0.39, 0.29) is 25.1 Å². The zero-order valence-corrected chi connectivity index (χ0v) is 11.5. The van der Waals surface area contributed by atoms with Crippen LogP contribution in [0, 0.1) is 5.92 Å². The number of hydrogen-bond acceptors (Lipinski definition) is 5. The second-order valence-corrected chi connectivity index (χ2v) is 5.46. The molecule has 0 bridgehead atoms. The molecule has 1 aromatic rings. The van der Waals surface area contributed by atoms with Crippen molar-refractivity contribution in [1.29, 1.82) is 0 Å². The van der Waals surface area contributed by atoms with Gasteiger partial charge in [-0.05, 0) is 25.0 Å². The molecule has 6 heteroatoms. The molecular weight excluding hydrogens is 274 g/mol. The number of benzene rings is 1. The smallest absolute Gasteiger partial charge is 0.309 e. The largest absolute Gasteiger partial charge is 0.489 e. The summed E-state index contributed by atoms with van der Waals surface area (Å²) in [5, 5.41) is 0. The maximum absolute atomic E-state index is 11.9. The topological polar surface area (TPSA) is 87.9 Å². The molecule has 2 atom stereocenters. The molecule has 1 aliphatic carbocycles. The predicted octanol–water partition coefficient (Wildman–Crippen LogP) is 0.641. The fourth-order valence-electron chi connectivity index (χ4n) is 2.25. The van der Waals surface area contributed by atoms with Crippen molar-refractivity contribution < 1.29 is 23.8 Å². The number of nitrogens with two attached hydrogens (primary N) is 1. The minimum Gasteiger partial charge on any atom is -0.489 e. The first-order valence-corrected chi connectivity index (χ1v) is 6.92. The molecule has 1 aliphatic heterocycles. The van der Waals surface area contributed by atoms with E-state index in [0.717, 1.165) is 12.8 Å². The third-order valence-corrected chi connectivity index (χ3v) is 3.67. The van der Waals surface area contributed by atoms with Gasteiger partial charge in [-0.25, -0.2) is 0 Å². The lowest BCUT2D eigenvalue weighted by Gasteiger charge is -2.45. The highest BCUT2D eigenvalue weighted by Crippen LogP contribution is 2.36. The number of hydrogen-bond donors (Lipinski definition) is 1. The Morgan fingerprint density at radius 1 is 1.29 bits per heavy atom. The van der Waals surface area contributed by atoms with E-state index in [2.05, 4.69) is 0 Å². The fourth-order valence-corrected chi connectivity index (χ4v) is 2.25. The lowest BCUT2D eigenvalue weighted by molar-refractivity contribution is -0.255. The first-order valence-electron chi connectivity index (χ1n) is 6.92. The summed E-state index contributed by atoms with van der Waals surface area (Å²) in [7, 11) is 0. The van der Waals surface area contributed by atoms with Gasteiger partial charge in [-0.2, -0.15) is 0 Å². The average molecular weight is 291 g/mol. The Bertz CT molecular complexity index is 542. The summed E-state index contributed by atoms with van der Waals surface area (Å²) in [4.78, 5) is 23.3. The van der Waals surface area contributed by atoms with Gasteiger partial charge in [0.15, 0.2) is 6.10 Å². The number of para-hydroxylation sites is 1. The molecule has 0 spiro atoms. The highest BCUT2D eigenvalue weighted by molar-refractivity contribution is 5.83. The van der Waals surface area contributed by atoms with Gasteiger partial charge in [0.25, 0.3) is 5.91 Å². The second-order valence-electron chi connectivity index (χ2n) is 5.46. The minimum atomic E-state index is -1.11. The quantitative estimate of drug-likeness (QED) is 0.777. The first kappa shape index (κ1) is 13.9. The van der Waals surface area contributed by atoms with Crippen LogP contribution in [0.5, 0.6) is 5.75 Å². The summed E-state index contributed by atoms with van der Waals surface area (Å²) < 4.78 is 16.3. The van der Waals surface area contributed by atoms with Crippen molar-refractivity contribution in [3.63, 3.8) is 0 Å². The number of ether oxygens (including phenoxy) is 3. The van der Waals surface area contributed by atoms with Crippen LogP contribution in [0.3, 0.4) is 0 Å². The molecule has 2 fully saturated rings. The van der Waals surface area contributed by atoms with Gasteiger partial charge >= 0.3 is 5.97 Å². The number of esters is 1. The van der Waals surface area contributed by atoms with Crippen molar-refractivity contribution in [3.05, 3.63) is 30.3 Å². The SMILES string of the molecule is NC(=O)C1OCC1(COc1ccccc1)OC(=O)C1CC1. The van der Waals surface area contributed by atoms with E-state index in [1.54, 1.807) is 12.1 Å². The average Bonchev–Trinajstić information content (AvgIpc) is 3.27. The van der Waals surface area contributed by atoms with Crippen molar-refractivity contribution in [3.8, 4) is 5.75 Å². The van der Waals surface area contributed by atoms with Gasteiger partial charge in [-0.1, -0.05) is 18.2 Å². The first-order chi connectivity index (χ1) is 10.1. The van der Waals surface area contributed by atoms with Gasteiger partial charge < -0.3 is 19.9 Å². The van der Waals surface area contributed by atoms with Gasteiger partial charge in [0.1, 0.15) is 12.4 Å². The fraction of sp³-hybridized carbons (Fsp3) is 0.467. The maximum Gasteiger partial charge on any atom is 0.309 e. The lowest BCUT2D eigenvalue weighted by atomic mass is 9.91. The number of rotatable bonds is 6. The van der Waals surface area contributed by atoms with Crippen molar-refractivity contribution in [1.82, 2.24) is 0 Å². The standard InChI is InChI=1S/C15H17NO5/c16-13(17)12-15(9-20-12,21-14(18)10-6-7-10)8-19-11-4-2-1-3-5-11/h1-5,10,12H,6-9H2,(H2,16,17). The molecule has 0 radical (unpaired) electrons. The summed E-state index contributed by atoms with van der Waals surface area (Å²) in [6.45, 7) is 0.162. The molecule has 1 amide bonds. The molecule has 1 saturated heterocycles. The molecule has 3 rings (SSSR count). The molecular formula is C15H17NO5. The van der Waals surface area contributed by atoms with Gasteiger partial charge in [0.05, 0.1) is 12.5 Å². The molecule has 2 aliphatic rings. The number of primary amides is 1. The Morgan fingerprint density at radius 2 is 2.00 bits per heavy atom. The van der Waals surface area contributed by atoms with Gasteiger partial charge in [-0.3, -0.25) is 9.59 Å². The molecule has 21 heavy (non-hydrogen) atoms. The summed E-state index contributed by atoms with van der Waals surface area (Å²) in [6, 6.07) is 9.11. The van der Waals surface area contributed by atoms with Crippen molar-refractivity contribution in [2.45, 2.75) is 24.5 Å². The van der Waals surface area contributed by atoms with Crippen LogP contribution in [0.1, 0.15) is 12.8 Å². The van der Waals surface area contributed by atoms with Crippen molar-refractivity contribution >= 4 is 11.9 Å². The van der Waals surface area contributed by atoms with Crippen LogP contribution in [0.15, 0.2) is 30.3 Å². The van der Waals surface area contributed by atoms with E-state index >= 15 is 0 Å². The summed E-state index contributed by atoms with van der Waals surface area (Å²) in [5.74, 6) is -0.384. The van der Waals surface area contributed by atoms with Gasteiger partial charge in [-0.15, -0.1) is 0 Å². The zero-order valence-electron chi connectivity index (χ0n) is 11.5. The van der Waals surface area contributed by atoms with Gasteiger partial charge in [0, 0.05) is 0 Å². The Morgan fingerprint density at radius 3 is 2.52 bits per heavy atom. The second kappa shape index (κ2) is 5.37. The van der Waals surface area contributed by atoms with Crippen molar-refractivity contribution in [2.24, 2.45) is 11.7 Å². The molecule has 112 valence electrons. The normalized spacial score (nSPS) is 27.5. The summed E-state index contributed by atoms with van der Waals surface area (Å²) >= 11 is 0. The molecule has 1 aromatic carbocycles. The Labute approximate surface area is 122 Å². The highest BCUT2D eigenvalue weighted by Gasteiger charge is 2.57. The molecule has 2 N–H and O–H groups in total. The maximum atomic E-state index is 11.9. The van der Waals surface area contributed by atoms with E-state index < -0.39 is 17.6 Å². The molecule has 6 nitrogen and oxygen atoms in total. The van der Waals surface area contributed by atoms with E-state index in [1.807, 2.05) is 18.2 Å². The van der Waals surface area contributed by atoms with E-state index in [0.29, 0.717) is 5.75 Å². The summed E-state index contributed by atoms with van der Waals surface area (Å²) in [6.07, 6.45) is 0.705. The summed E-state index contributed by atoms with van der Waals surface area (Å²) in [5.41, 5.74) is 4.19. The number of amides is 1. The van der Waals surface area contributed by atoms with E-state index in [4.69, 9.17) is 19.9 Å². The molecule has 1 saturated carbocycles. The van der Waals surface area contributed by atoms with Crippen LogP contribution < -0.4 is 10.5 Å². The van der Waals surface area contributed by atoms with Crippen LogP contribution in [0.25, 0.3) is 0 Å². The van der Waals surface area contributed by atoms with Crippen LogP contribution in [0.2, 0.25) is 0 Å². The number of carbonyl (C=O) groups excluding carboxylic acids is 2. The van der Waals surface area contributed by atoms with Crippen LogP contribution >= 0.6 is 0 Å². The van der Waals surface area contributed by atoms with Crippen LogP contribution in [-0.2, 0) is 19.1 Å². The predicted molar refractivity (Wildman–Crippen MR) is 72.4 cm³/mol.